The lowest BCUT2D eigenvalue weighted by atomic mass is 10.2. The first-order valence-electron chi connectivity index (χ1n) is 4.25. The molecular weight excluding hydrogens is 264 g/mol. The van der Waals surface area contributed by atoms with E-state index in [0.29, 0.717) is 13.9 Å². The van der Waals surface area contributed by atoms with Gasteiger partial charge in [-0.3, -0.25) is 5.10 Å². The lowest BCUT2D eigenvalue weighted by molar-refractivity contribution is 0.0768. The van der Waals surface area contributed by atoms with E-state index >= 15 is 0 Å². The van der Waals surface area contributed by atoms with Gasteiger partial charge in [-0.15, -0.1) is 0 Å². The molecule has 4 nitrogen and oxygen atoms in total. The number of nitrogens with one attached hydrogen (secondary N) is 1. The molecule has 1 aromatic carbocycles. The number of nitrogens with zero attached hydrogens (tertiary/aromatic N) is 1. The highest BCUT2D eigenvalue weighted by Gasteiger charge is 2.09. The molecule has 0 fully saturated rings. The molecule has 0 aliphatic rings. The minimum atomic E-state index is -0.397. The number of H-pyrrole nitrogens is 1. The maximum atomic E-state index is 11.5. The molecule has 82 valence electrons. The maximum absolute atomic E-state index is 11.5. The van der Waals surface area contributed by atoms with Crippen molar-refractivity contribution >= 4 is 41.6 Å². The van der Waals surface area contributed by atoms with E-state index in [2.05, 4.69) is 10.2 Å². The Balaban J connectivity index is 1.96. The van der Waals surface area contributed by atoms with E-state index in [-0.39, 0.29) is 0 Å². The van der Waals surface area contributed by atoms with Crippen LogP contribution in [0.2, 0.25) is 0 Å². The van der Waals surface area contributed by atoms with E-state index in [0.717, 1.165) is 12.0 Å². The fourth-order valence-corrected chi connectivity index (χ4v) is 2.54. The fourth-order valence-electron chi connectivity index (χ4n) is 0.948. The molecule has 0 bridgehead atoms. The van der Waals surface area contributed by atoms with Crippen LogP contribution in [0.5, 0.6) is 0 Å². The molecule has 1 heterocycles. The normalized spacial score (nSPS) is 10.0. The molecule has 1 aromatic heterocycles. The lowest BCUT2D eigenvalue weighted by Gasteiger charge is -1.98. The zero-order chi connectivity index (χ0) is 11.4. The van der Waals surface area contributed by atoms with E-state index in [1.54, 1.807) is 24.3 Å². The number of aromatic amines is 1. The smallest absolute Gasteiger partial charge is 0.350 e. The summed E-state index contributed by atoms with van der Waals surface area (Å²) in [6.07, 6.45) is 0. The van der Waals surface area contributed by atoms with Gasteiger partial charge in [-0.1, -0.05) is 29.5 Å². The summed E-state index contributed by atoms with van der Waals surface area (Å²) in [7, 11) is 0. The van der Waals surface area contributed by atoms with Gasteiger partial charge in [-0.25, -0.2) is 4.79 Å². The van der Waals surface area contributed by atoms with E-state index in [1.165, 1.54) is 11.3 Å². The molecule has 0 saturated heterocycles. The van der Waals surface area contributed by atoms with Crippen molar-refractivity contribution in [2.75, 3.05) is 0 Å². The van der Waals surface area contributed by atoms with E-state index in [9.17, 15) is 4.79 Å². The fraction of sp³-hybridized carbons (Fsp3) is 0. The Morgan fingerprint density at radius 2 is 2.19 bits per heavy atom. The largest absolute Gasteiger partial charge is 0.380 e. The summed E-state index contributed by atoms with van der Waals surface area (Å²) in [5.41, 5.74) is 0.508. The summed E-state index contributed by atoms with van der Waals surface area (Å²) in [6, 6.07) is 8.77. The molecule has 0 saturated carbocycles. The van der Waals surface area contributed by atoms with Gasteiger partial charge >= 0.3 is 5.97 Å². The van der Waals surface area contributed by atoms with Crippen LogP contribution in [-0.4, -0.2) is 16.2 Å². The van der Waals surface area contributed by atoms with E-state index in [1.807, 2.05) is 6.07 Å². The molecule has 0 amide bonds. The Labute approximate surface area is 105 Å². The molecule has 0 atom stereocenters. The molecule has 7 heteroatoms. The van der Waals surface area contributed by atoms with Crippen LogP contribution < -0.4 is 0 Å². The quantitative estimate of drug-likeness (QED) is 0.686. The zero-order valence-corrected chi connectivity index (χ0v) is 10.3. The molecule has 1 N–H and O–H groups in total. The first kappa shape index (κ1) is 11.3. The zero-order valence-electron chi connectivity index (χ0n) is 7.88. The van der Waals surface area contributed by atoms with Crippen LogP contribution >= 0.6 is 35.6 Å². The van der Waals surface area contributed by atoms with Crippen molar-refractivity contribution < 1.29 is 8.98 Å². The van der Waals surface area contributed by atoms with Crippen LogP contribution in [0, 0.1) is 3.95 Å². The molecule has 2 rings (SSSR count). The minimum absolute atomic E-state index is 0.397. The first-order valence-corrected chi connectivity index (χ1v) is 6.22. The van der Waals surface area contributed by atoms with Gasteiger partial charge in [0.1, 0.15) is 12.0 Å². The van der Waals surface area contributed by atoms with Crippen molar-refractivity contribution in [1.82, 2.24) is 10.2 Å². The van der Waals surface area contributed by atoms with Crippen molar-refractivity contribution in [1.29, 1.82) is 0 Å². The van der Waals surface area contributed by atoms with E-state index < -0.39 is 5.97 Å². The van der Waals surface area contributed by atoms with Crippen molar-refractivity contribution in [3.63, 3.8) is 0 Å². The Morgan fingerprint density at radius 1 is 1.44 bits per heavy atom. The predicted molar refractivity (Wildman–Crippen MR) is 65.0 cm³/mol. The van der Waals surface area contributed by atoms with Crippen molar-refractivity contribution in [3.05, 3.63) is 39.8 Å². The van der Waals surface area contributed by atoms with Crippen LogP contribution in [0.1, 0.15) is 10.4 Å². The highest BCUT2D eigenvalue weighted by atomic mass is 32.2. The Kier molecular flexibility index (Phi) is 3.70. The monoisotopic (exact) mass is 270 g/mol. The summed E-state index contributed by atoms with van der Waals surface area (Å²) >= 11 is 7.02. The third-order valence-electron chi connectivity index (χ3n) is 1.62. The second-order valence-corrected chi connectivity index (χ2v) is 5.34. The molecule has 0 aliphatic heterocycles. The molecule has 2 aromatic rings. The topological polar surface area (TPSA) is 55.0 Å². The summed E-state index contributed by atoms with van der Waals surface area (Å²) in [4.78, 5) is 11.5. The van der Waals surface area contributed by atoms with Gasteiger partial charge < -0.3 is 4.18 Å². The summed E-state index contributed by atoms with van der Waals surface area (Å²) in [5, 5.41) is 6.46. The maximum Gasteiger partial charge on any atom is 0.350 e. The molecule has 0 radical (unpaired) electrons. The first-order chi connectivity index (χ1) is 7.75. The van der Waals surface area contributed by atoms with Crippen LogP contribution in [0.3, 0.4) is 0 Å². The SMILES string of the molecule is O=C(OSc1n[nH]c(=S)s1)c1ccccc1. The van der Waals surface area contributed by atoms with Gasteiger partial charge in [0.25, 0.3) is 0 Å². The van der Waals surface area contributed by atoms with Crippen LogP contribution in [0.15, 0.2) is 34.7 Å². The third-order valence-corrected chi connectivity index (χ3v) is 3.42. The molecule has 0 aliphatic carbocycles. The van der Waals surface area contributed by atoms with Gasteiger partial charge in [0.05, 0.1) is 5.56 Å². The number of carbonyl (C=O) groups is 1. The highest BCUT2D eigenvalue weighted by Crippen LogP contribution is 2.22. The van der Waals surface area contributed by atoms with Gasteiger partial charge in [0.15, 0.2) is 3.95 Å². The van der Waals surface area contributed by atoms with Crippen LogP contribution in [0.25, 0.3) is 0 Å². The average Bonchev–Trinajstić information content (AvgIpc) is 2.73. The molecule has 0 unspecified atom stereocenters. The molecular formula is C9H6N2O2S3. The van der Waals surface area contributed by atoms with Crippen molar-refractivity contribution in [3.8, 4) is 0 Å². The Hall–Kier alpha value is -1.18. The highest BCUT2D eigenvalue weighted by molar-refractivity contribution is 7.97. The van der Waals surface area contributed by atoms with Crippen LogP contribution in [0.4, 0.5) is 0 Å². The molecule has 16 heavy (non-hydrogen) atoms. The predicted octanol–water partition coefficient (Wildman–Crippen LogP) is 3.06. The number of hydrogen-bond acceptors (Lipinski definition) is 6. The number of benzene rings is 1. The summed E-state index contributed by atoms with van der Waals surface area (Å²) in [5.74, 6) is -0.397. The van der Waals surface area contributed by atoms with Crippen molar-refractivity contribution in [2.24, 2.45) is 0 Å². The number of aromatic nitrogens is 2. The number of rotatable bonds is 3. The second-order valence-electron chi connectivity index (χ2n) is 2.70. The Bertz CT molecular complexity index is 535. The van der Waals surface area contributed by atoms with Gasteiger partial charge in [0.2, 0.25) is 4.34 Å². The van der Waals surface area contributed by atoms with Crippen molar-refractivity contribution in [2.45, 2.75) is 4.34 Å². The minimum Gasteiger partial charge on any atom is -0.380 e. The summed E-state index contributed by atoms with van der Waals surface area (Å²) < 4.78 is 6.12. The summed E-state index contributed by atoms with van der Waals surface area (Å²) in [6.45, 7) is 0. The third kappa shape index (κ3) is 2.91. The number of hydrogen-bond donors (Lipinski definition) is 1. The second kappa shape index (κ2) is 5.24. The van der Waals surface area contributed by atoms with Gasteiger partial charge in [0, 0.05) is 0 Å². The standard InChI is InChI=1S/C9H6N2O2S3/c12-7(6-4-2-1-3-5-6)13-16-9-11-10-8(14)15-9/h1-5H,(H,10,14). The van der Waals surface area contributed by atoms with Gasteiger partial charge in [-0.2, -0.15) is 5.10 Å². The number of carbonyl (C=O) groups excluding carboxylic acids is 1. The van der Waals surface area contributed by atoms with E-state index in [4.69, 9.17) is 16.4 Å². The average molecular weight is 270 g/mol. The molecule has 0 spiro atoms. The Morgan fingerprint density at radius 3 is 2.81 bits per heavy atom. The van der Waals surface area contributed by atoms with Crippen LogP contribution in [-0.2, 0) is 4.18 Å². The lowest BCUT2D eigenvalue weighted by Crippen LogP contribution is -1.98. The van der Waals surface area contributed by atoms with Gasteiger partial charge in [-0.05, 0) is 24.4 Å².